The van der Waals surface area contributed by atoms with Gasteiger partial charge >= 0.3 is 0 Å². The number of hydrogen-bond acceptors (Lipinski definition) is 4. The smallest absolute Gasteiger partial charge is 0.126 e. The van der Waals surface area contributed by atoms with Crippen LogP contribution < -0.4 is 14.2 Å². The number of rotatable bonds is 14. The second kappa shape index (κ2) is 17.1. The van der Waals surface area contributed by atoms with Crippen LogP contribution in [-0.4, -0.2) is 24.9 Å². The summed E-state index contributed by atoms with van der Waals surface area (Å²) in [6.45, 7) is 35.8. The standard InChI is InChI=1S/C53H74O4/c1-16-21-55-46-20-19-39(50(4,5)6)26-34(46)24-35-27-40(51(7,8)9)28-36(47(35)54)25-37-29-41(52(10,11)12)32-44(48(37)56-22-17-2)43-31-38-30-42(53(13,14)15)33-45(43)49(38)57-23-18-3/h19-20,26-30,32-33,43,54H,16-18,21-25,31H2,1-15H3. The Hall–Kier alpha value is -3.92. The van der Waals surface area contributed by atoms with E-state index >= 15 is 0 Å². The maximum atomic E-state index is 12.4. The Kier molecular flexibility index (Phi) is 13.3. The van der Waals surface area contributed by atoms with Crippen LogP contribution in [0.25, 0.3) is 0 Å². The van der Waals surface area contributed by atoms with Gasteiger partial charge in [0.1, 0.15) is 23.0 Å². The molecule has 1 atom stereocenters. The van der Waals surface area contributed by atoms with Gasteiger partial charge in [-0.2, -0.15) is 0 Å². The number of phenolic OH excluding ortho intramolecular Hbond substituents is 1. The van der Waals surface area contributed by atoms with Crippen LogP contribution in [0.5, 0.6) is 23.0 Å². The van der Waals surface area contributed by atoms with E-state index in [0.29, 0.717) is 38.4 Å². The maximum absolute atomic E-state index is 12.4. The van der Waals surface area contributed by atoms with Gasteiger partial charge in [-0.25, -0.2) is 0 Å². The molecule has 4 heteroatoms. The number of benzene rings is 4. The lowest BCUT2D eigenvalue weighted by molar-refractivity contribution is 0.309. The first-order chi connectivity index (χ1) is 26.6. The number of phenols is 1. The third-order valence-corrected chi connectivity index (χ3v) is 11.5. The van der Waals surface area contributed by atoms with Gasteiger partial charge in [-0.05, 0) is 103 Å². The van der Waals surface area contributed by atoms with E-state index in [1.807, 2.05) is 0 Å². The zero-order valence-electron chi connectivity index (χ0n) is 38.3. The second-order valence-electron chi connectivity index (χ2n) is 20.7. The lowest BCUT2D eigenvalue weighted by atomic mass is 9.79. The minimum absolute atomic E-state index is 0.0133. The summed E-state index contributed by atoms with van der Waals surface area (Å²) in [5, 5.41) is 12.4. The van der Waals surface area contributed by atoms with Gasteiger partial charge in [0, 0.05) is 29.9 Å². The zero-order valence-corrected chi connectivity index (χ0v) is 38.3. The third-order valence-electron chi connectivity index (χ3n) is 11.5. The van der Waals surface area contributed by atoms with Crippen molar-refractivity contribution in [1.29, 1.82) is 0 Å². The number of hydrogen-bond donors (Lipinski definition) is 1. The van der Waals surface area contributed by atoms with E-state index in [4.69, 9.17) is 14.2 Å². The summed E-state index contributed by atoms with van der Waals surface area (Å²) in [6.07, 6.45) is 4.81. The Morgan fingerprint density at radius 3 is 1.44 bits per heavy atom. The Bertz CT molecular complexity index is 2020. The van der Waals surface area contributed by atoms with Crippen LogP contribution >= 0.6 is 0 Å². The minimum Gasteiger partial charge on any atom is -0.507 e. The van der Waals surface area contributed by atoms with Crippen LogP contribution in [0.4, 0.5) is 0 Å². The van der Waals surface area contributed by atoms with Crippen molar-refractivity contribution >= 4 is 0 Å². The fourth-order valence-electron chi connectivity index (χ4n) is 7.87. The molecule has 1 unspecified atom stereocenters. The molecule has 0 aromatic heterocycles. The van der Waals surface area contributed by atoms with Gasteiger partial charge in [-0.15, -0.1) is 0 Å². The van der Waals surface area contributed by atoms with Crippen LogP contribution in [0.3, 0.4) is 0 Å². The molecule has 0 amide bonds. The van der Waals surface area contributed by atoms with Gasteiger partial charge in [0.2, 0.25) is 0 Å². The van der Waals surface area contributed by atoms with E-state index in [-0.39, 0.29) is 27.6 Å². The lowest BCUT2D eigenvalue weighted by Crippen LogP contribution is -2.16. The maximum Gasteiger partial charge on any atom is 0.126 e. The van der Waals surface area contributed by atoms with Crippen molar-refractivity contribution in [3.05, 3.63) is 116 Å². The highest BCUT2D eigenvalue weighted by Crippen LogP contribution is 2.51. The highest BCUT2D eigenvalue weighted by Gasteiger charge is 2.35. The molecule has 0 saturated heterocycles. The normalized spacial score (nSPS) is 14.6. The highest BCUT2D eigenvalue weighted by atomic mass is 16.5. The summed E-state index contributed by atoms with van der Waals surface area (Å²) in [5.41, 5.74) is 12.7. The fraction of sp³-hybridized carbons (Fsp3) is 0.547. The number of aromatic hydroxyl groups is 1. The molecule has 0 saturated carbocycles. The SMILES string of the molecule is CCCOc1ccc(C(C)(C)C)cc1Cc1cc(C(C)(C)C)cc(Cc2cc(C(C)(C)C)cc(C3Cc4cc(C(C)(C)C)cc3c4OCCC)c2OCCC)c1O. The summed E-state index contributed by atoms with van der Waals surface area (Å²) in [6, 6.07) is 20.6. The first-order valence-electron chi connectivity index (χ1n) is 21.8. The van der Waals surface area contributed by atoms with E-state index in [9.17, 15) is 5.11 Å². The molecular weight excluding hydrogens is 701 g/mol. The van der Waals surface area contributed by atoms with Gasteiger partial charge in [-0.3, -0.25) is 0 Å². The van der Waals surface area contributed by atoms with E-state index < -0.39 is 0 Å². The molecule has 0 radical (unpaired) electrons. The highest BCUT2D eigenvalue weighted by molar-refractivity contribution is 5.62. The number of fused-ring (bicyclic) bond motifs is 2. The van der Waals surface area contributed by atoms with Crippen molar-refractivity contribution in [2.75, 3.05) is 19.8 Å². The average molecular weight is 775 g/mol. The van der Waals surface area contributed by atoms with E-state index in [0.717, 1.165) is 65.2 Å². The van der Waals surface area contributed by atoms with Gasteiger partial charge in [0.15, 0.2) is 0 Å². The van der Waals surface area contributed by atoms with Crippen LogP contribution in [0.2, 0.25) is 0 Å². The van der Waals surface area contributed by atoms with Gasteiger partial charge < -0.3 is 19.3 Å². The molecule has 1 aliphatic rings. The van der Waals surface area contributed by atoms with E-state index in [2.05, 4.69) is 158 Å². The number of ether oxygens (including phenoxy) is 3. The second-order valence-corrected chi connectivity index (χ2v) is 20.7. The molecule has 0 aliphatic heterocycles. The predicted octanol–water partition coefficient (Wildman–Crippen LogP) is 13.8. The summed E-state index contributed by atoms with van der Waals surface area (Å²) in [7, 11) is 0. The van der Waals surface area contributed by atoms with Crippen LogP contribution in [0.15, 0.2) is 54.6 Å². The zero-order chi connectivity index (χ0) is 42.1. The molecule has 4 aromatic carbocycles. The Labute approximate surface area is 346 Å². The van der Waals surface area contributed by atoms with Crippen molar-refractivity contribution in [2.24, 2.45) is 0 Å². The average Bonchev–Trinajstić information content (AvgIpc) is 3.30. The molecule has 4 aromatic rings. The van der Waals surface area contributed by atoms with Crippen molar-refractivity contribution in [3.63, 3.8) is 0 Å². The lowest BCUT2D eigenvalue weighted by Gasteiger charge is -2.28. The van der Waals surface area contributed by atoms with E-state index in [1.54, 1.807) is 0 Å². The molecule has 57 heavy (non-hydrogen) atoms. The predicted molar refractivity (Wildman–Crippen MR) is 241 cm³/mol. The van der Waals surface area contributed by atoms with Crippen molar-refractivity contribution < 1.29 is 19.3 Å². The van der Waals surface area contributed by atoms with Gasteiger partial charge in [0.05, 0.1) is 19.8 Å². The van der Waals surface area contributed by atoms with Crippen molar-refractivity contribution in [1.82, 2.24) is 0 Å². The summed E-state index contributed by atoms with van der Waals surface area (Å²) >= 11 is 0. The Morgan fingerprint density at radius 2 is 0.912 bits per heavy atom. The van der Waals surface area contributed by atoms with Gasteiger partial charge in [0.25, 0.3) is 0 Å². The van der Waals surface area contributed by atoms with Crippen LogP contribution in [-0.2, 0) is 40.9 Å². The molecule has 310 valence electrons. The monoisotopic (exact) mass is 775 g/mol. The summed E-state index contributed by atoms with van der Waals surface area (Å²) < 4.78 is 19.7. The minimum atomic E-state index is -0.126. The molecule has 0 spiro atoms. The first kappa shape index (κ1) is 44.2. The third kappa shape index (κ3) is 10.2. The first-order valence-corrected chi connectivity index (χ1v) is 21.8. The summed E-state index contributed by atoms with van der Waals surface area (Å²) in [4.78, 5) is 0. The molecule has 2 bridgehead atoms. The quantitative estimate of drug-likeness (QED) is 0.139. The van der Waals surface area contributed by atoms with Crippen LogP contribution in [0.1, 0.15) is 190 Å². The fourth-order valence-corrected chi connectivity index (χ4v) is 7.87. The molecular formula is C53H74O4. The topological polar surface area (TPSA) is 47.9 Å². The molecule has 1 N–H and O–H groups in total. The van der Waals surface area contributed by atoms with Gasteiger partial charge in [-0.1, -0.05) is 152 Å². The molecule has 0 fully saturated rings. The van der Waals surface area contributed by atoms with Crippen LogP contribution in [0, 0.1) is 0 Å². The van der Waals surface area contributed by atoms with Crippen molar-refractivity contribution in [3.8, 4) is 23.0 Å². The Balaban J connectivity index is 1.71. The molecule has 4 nitrogen and oxygen atoms in total. The molecule has 5 rings (SSSR count). The molecule has 0 heterocycles. The largest absolute Gasteiger partial charge is 0.507 e. The van der Waals surface area contributed by atoms with E-state index in [1.165, 1.54) is 38.9 Å². The molecule has 1 aliphatic carbocycles. The summed E-state index contributed by atoms with van der Waals surface area (Å²) in [5.74, 6) is 3.36. The van der Waals surface area contributed by atoms with Crippen molar-refractivity contribution in [2.45, 2.75) is 170 Å². The Morgan fingerprint density at radius 1 is 0.491 bits per heavy atom.